The highest BCUT2D eigenvalue weighted by molar-refractivity contribution is 6.31. The van der Waals surface area contributed by atoms with Gasteiger partial charge in [-0.3, -0.25) is 9.59 Å². The van der Waals surface area contributed by atoms with Crippen LogP contribution in [0.15, 0.2) is 49.2 Å². The van der Waals surface area contributed by atoms with Crippen LogP contribution in [0.2, 0.25) is 5.02 Å². The fourth-order valence-corrected chi connectivity index (χ4v) is 3.18. The van der Waals surface area contributed by atoms with Gasteiger partial charge in [0.15, 0.2) is 0 Å². The number of halogens is 1. The molecular formula is C20H21ClN4O3. The molecule has 146 valence electrons. The molecule has 1 aromatic heterocycles. The third-order valence-electron chi connectivity index (χ3n) is 4.45. The summed E-state index contributed by atoms with van der Waals surface area (Å²) in [6.07, 6.45) is 3.54. The van der Waals surface area contributed by atoms with Gasteiger partial charge in [0.2, 0.25) is 5.91 Å². The maximum Gasteiger partial charge on any atom is 0.253 e. The number of anilines is 2. The van der Waals surface area contributed by atoms with Gasteiger partial charge in [-0.15, -0.1) is 0 Å². The summed E-state index contributed by atoms with van der Waals surface area (Å²) >= 11 is 6.00. The van der Waals surface area contributed by atoms with E-state index >= 15 is 0 Å². The Balaban J connectivity index is 1.59. The average molecular weight is 401 g/mol. The summed E-state index contributed by atoms with van der Waals surface area (Å²) in [6, 6.07) is 8.63. The zero-order valence-corrected chi connectivity index (χ0v) is 16.2. The van der Waals surface area contributed by atoms with Crippen LogP contribution in [-0.2, 0) is 4.79 Å². The molecule has 1 aliphatic heterocycles. The number of hydrogen-bond acceptors (Lipinski definition) is 5. The number of nitrogens with one attached hydrogen (secondary N) is 2. The molecule has 2 N–H and O–H groups in total. The third kappa shape index (κ3) is 4.61. The summed E-state index contributed by atoms with van der Waals surface area (Å²) in [5.41, 5.74) is 1.19. The molecule has 1 aliphatic rings. The van der Waals surface area contributed by atoms with Gasteiger partial charge >= 0.3 is 0 Å². The summed E-state index contributed by atoms with van der Waals surface area (Å²) in [4.78, 5) is 30.1. The van der Waals surface area contributed by atoms with Gasteiger partial charge in [0.05, 0.1) is 13.3 Å². The highest BCUT2D eigenvalue weighted by atomic mass is 35.5. The predicted octanol–water partition coefficient (Wildman–Crippen LogP) is 3.19. The molecule has 0 aliphatic carbocycles. The zero-order valence-electron chi connectivity index (χ0n) is 15.4. The van der Waals surface area contributed by atoms with E-state index in [9.17, 15) is 9.59 Å². The van der Waals surface area contributed by atoms with Crippen molar-refractivity contribution < 1.29 is 14.3 Å². The molecule has 0 bridgehead atoms. The molecule has 1 aromatic carbocycles. The lowest BCUT2D eigenvalue weighted by Gasteiger charge is -2.18. The number of hydrogen-bond donors (Lipinski definition) is 2. The highest BCUT2D eigenvalue weighted by Crippen LogP contribution is 2.26. The van der Waals surface area contributed by atoms with Crippen LogP contribution < -0.4 is 15.4 Å². The van der Waals surface area contributed by atoms with Crippen molar-refractivity contribution in [2.45, 2.75) is 12.5 Å². The van der Waals surface area contributed by atoms with Crippen LogP contribution in [0.25, 0.3) is 0 Å². The number of pyridine rings is 1. The van der Waals surface area contributed by atoms with Crippen LogP contribution >= 0.6 is 11.6 Å². The lowest BCUT2D eigenvalue weighted by molar-refractivity contribution is -0.111. The number of carbonyl (C=O) groups excluding carboxylic acids is 2. The molecule has 0 radical (unpaired) electrons. The second kappa shape index (κ2) is 8.75. The lowest BCUT2D eigenvalue weighted by Crippen LogP contribution is -2.31. The summed E-state index contributed by atoms with van der Waals surface area (Å²) in [6.45, 7) is 4.63. The molecule has 2 aromatic rings. The van der Waals surface area contributed by atoms with Gasteiger partial charge in [0, 0.05) is 36.4 Å². The minimum absolute atomic E-state index is 0.0486. The van der Waals surface area contributed by atoms with Crippen LogP contribution in [0.3, 0.4) is 0 Å². The molecule has 7 nitrogen and oxygen atoms in total. The van der Waals surface area contributed by atoms with E-state index in [4.69, 9.17) is 16.3 Å². The fourth-order valence-electron chi connectivity index (χ4n) is 3.00. The minimum Gasteiger partial charge on any atom is -0.495 e. The van der Waals surface area contributed by atoms with Crippen molar-refractivity contribution >= 4 is 34.9 Å². The Kier molecular flexibility index (Phi) is 6.16. The van der Waals surface area contributed by atoms with E-state index in [2.05, 4.69) is 22.2 Å². The molecular weight excluding hydrogens is 380 g/mol. The molecule has 2 amide bonds. The number of likely N-dealkylation sites (tertiary alicyclic amines) is 1. The smallest absolute Gasteiger partial charge is 0.253 e. The molecule has 0 spiro atoms. The normalized spacial score (nSPS) is 15.8. The maximum atomic E-state index is 12.7. The quantitative estimate of drug-likeness (QED) is 0.727. The Labute approximate surface area is 168 Å². The summed E-state index contributed by atoms with van der Waals surface area (Å²) in [5.74, 6) is 0.865. The van der Waals surface area contributed by atoms with Crippen molar-refractivity contribution in [3.8, 4) is 5.75 Å². The van der Waals surface area contributed by atoms with Gasteiger partial charge in [0.25, 0.3) is 5.91 Å². The van der Waals surface area contributed by atoms with E-state index in [0.717, 1.165) is 6.42 Å². The molecule has 1 unspecified atom stereocenters. The first kappa shape index (κ1) is 19.7. The first-order valence-electron chi connectivity index (χ1n) is 8.79. The summed E-state index contributed by atoms with van der Waals surface area (Å²) in [5, 5.41) is 6.42. The van der Waals surface area contributed by atoms with Crippen molar-refractivity contribution in [2.24, 2.45) is 0 Å². The van der Waals surface area contributed by atoms with Gasteiger partial charge < -0.3 is 20.3 Å². The fraction of sp³-hybridized carbons (Fsp3) is 0.250. The highest BCUT2D eigenvalue weighted by Gasteiger charge is 2.27. The van der Waals surface area contributed by atoms with Gasteiger partial charge in [-0.05, 0) is 36.8 Å². The van der Waals surface area contributed by atoms with E-state index in [1.165, 1.54) is 12.3 Å². The SMILES string of the molecule is C=CC(=O)Nc1ccc(C(=O)N2CCC(Nc3cc(OC)c(Cl)cn3)C2)cc1. The lowest BCUT2D eigenvalue weighted by atomic mass is 10.2. The number of ether oxygens (including phenoxy) is 1. The van der Waals surface area contributed by atoms with Crippen LogP contribution in [-0.4, -0.2) is 47.9 Å². The van der Waals surface area contributed by atoms with Gasteiger partial charge in [-0.1, -0.05) is 18.2 Å². The van der Waals surface area contributed by atoms with Crippen molar-refractivity contribution in [3.63, 3.8) is 0 Å². The Morgan fingerprint density at radius 2 is 2.11 bits per heavy atom. The van der Waals surface area contributed by atoms with E-state index in [-0.39, 0.29) is 17.9 Å². The molecule has 2 heterocycles. The van der Waals surface area contributed by atoms with Crippen LogP contribution in [0, 0.1) is 0 Å². The van der Waals surface area contributed by atoms with E-state index in [0.29, 0.717) is 40.9 Å². The average Bonchev–Trinajstić information content (AvgIpc) is 3.17. The Hall–Kier alpha value is -3.06. The van der Waals surface area contributed by atoms with E-state index in [1.807, 2.05) is 0 Å². The van der Waals surface area contributed by atoms with Crippen molar-refractivity contribution in [1.29, 1.82) is 0 Å². The van der Waals surface area contributed by atoms with Crippen molar-refractivity contribution in [2.75, 3.05) is 30.8 Å². The predicted molar refractivity (Wildman–Crippen MR) is 109 cm³/mol. The second-order valence-corrected chi connectivity index (χ2v) is 6.76. The maximum absolute atomic E-state index is 12.7. The van der Waals surface area contributed by atoms with Crippen LogP contribution in [0.5, 0.6) is 5.75 Å². The number of aromatic nitrogens is 1. The number of benzene rings is 1. The van der Waals surface area contributed by atoms with E-state index in [1.54, 1.807) is 42.3 Å². The summed E-state index contributed by atoms with van der Waals surface area (Å²) < 4.78 is 5.20. The molecule has 28 heavy (non-hydrogen) atoms. The Morgan fingerprint density at radius 1 is 1.36 bits per heavy atom. The first-order chi connectivity index (χ1) is 13.5. The number of nitrogens with zero attached hydrogens (tertiary/aromatic N) is 2. The van der Waals surface area contributed by atoms with E-state index < -0.39 is 0 Å². The Morgan fingerprint density at radius 3 is 2.79 bits per heavy atom. The topological polar surface area (TPSA) is 83.6 Å². The van der Waals surface area contributed by atoms with Gasteiger partial charge in [-0.2, -0.15) is 0 Å². The number of amides is 2. The number of rotatable bonds is 6. The third-order valence-corrected chi connectivity index (χ3v) is 4.74. The zero-order chi connectivity index (χ0) is 20.1. The molecule has 1 atom stereocenters. The second-order valence-electron chi connectivity index (χ2n) is 6.36. The Bertz CT molecular complexity index is 886. The summed E-state index contributed by atoms with van der Waals surface area (Å²) in [7, 11) is 1.55. The van der Waals surface area contributed by atoms with Crippen molar-refractivity contribution in [1.82, 2.24) is 9.88 Å². The van der Waals surface area contributed by atoms with Crippen LogP contribution in [0.1, 0.15) is 16.8 Å². The number of carbonyl (C=O) groups is 2. The number of methoxy groups -OCH3 is 1. The van der Waals surface area contributed by atoms with Crippen molar-refractivity contribution in [3.05, 3.63) is 59.8 Å². The first-order valence-corrected chi connectivity index (χ1v) is 9.16. The van der Waals surface area contributed by atoms with Crippen LogP contribution in [0.4, 0.5) is 11.5 Å². The molecule has 8 heteroatoms. The van der Waals surface area contributed by atoms with Gasteiger partial charge in [0.1, 0.15) is 16.6 Å². The largest absolute Gasteiger partial charge is 0.495 e. The molecule has 1 fully saturated rings. The molecule has 3 rings (SSSR count). The standard InChI is InChI=1S/C20H21ClN4O3/c1-3-19(26)24-14-6-4-13(5-7-14)20(27)25-9-8-15(12-25)23-18-10-17(28-2)16(21)11-22-18/h3-7,10-11,15H,1,8-9,12H2,2H3,(H,22,23)(H,24,26). The minimum atomic E-state index is -0.292. The molecule has 0 saturated carbocycles. The van der Waals surface area contributed by atoms with Gasteiger partial charge in [-0.25, -0.2) is 4.98 Å². The monoisotopic (exact) mass is 400 g/mol. The molecule has 1 saturated heterocycles.